The fourth-order valence-electron chi connectivity index (χ4n) is 3.71. The van der Waals surface area contributed by atoms with Crippen LogP contribution in [0.3, 0.4) is 0 Å². The molecule has 1 saturated heterocycles. The number of nitrogens with zero attached hydrogens (tertiary/aromatic N) is 3. The zero-order valence-electron chi connectivity index (χ0n) is 17.4. The van der Waals surface area contributed by atoms with Crippen LogP contribution >= 0.6 is 0 Å². The van der Waals surface area contributed by atoms with E-state index < -0.39 is 10.0 Å². The normalized spacial score (nSPS) is 14.6. The van der Waals surface area contributed by atoms with Crippen LogP contribution in [0.1, 0.15) is 48.5 Å². The Labute approximate surface area is 171 Å². The molecule has 0 saturated carbocycles. The number of rotatable bonds is 7. The Morgan fingerprint density at radius 2 is 1.86 bits per heavy atom. The third-order valence-electron chi connectivity index (χ3n) is 5.27. The summed E-state index contributed by atoms with van der Waals surface area (Å²) in [4.78, 5) is 15.2. The lowest BCUT2D eigenvalue weighted by atomic mass is 10.1. The summed E-state index contributed by atoms with van der Waals surface area (Å²) >= 11 is 0. The Bertz CT molecular complexity index is 970. The van der Waals surface area contributed by atoms with Gasteiger partial charge in [-0.2, -0.15) is 4.31 Å². The van der Waals surface area contributed by atoms with E-state index >= 15 is 0 Å². The lowest BCUT2D eigenvalue weighted by Crippen LogP contribution is -2.31. The summed E-state index contributed by atoms with van der Waals surface area (Å²) < 4.78 is 32.5. The van der Waals surface area contributed by atoms with Gasteiger partial charge < -0.3 is 14.7 Å². The van der Waals surface area contributed by atoms with Crippen molar-refractivity contribution in [2.24, 2.45) is 0 Å². The Kier molecular flexibility index (Phi) is 6.28. The van der Waals surface area contributed by atoms with E-state index in [0.29, 0.717) is 35.8 Å². The molecule has 1 aliphatic rings. The van der Waals surface area contributed by atoms with Crippen LogP contribution < -0.4 is 10.2 Å². The van der Waals surface area contributed by atoms with Gasteiger partial charge in [-0.3, -0.25) is 4.79 Å². The molecule has 1 aromatic heterocycles. The summed E-state index contributed by atoms with van der Waals surface area (Å²) in [5.74, 6) is 0.0636. The molecule has 158 valence electrons. The average Bonchev–Trinajstić information content (AvgIpc) is 3.32. The van der Waals surface area contributed by atoms with Gasteiger partial charge in [0.25, 0.3) is 5.91 Å². The number of sulfonamides is 1. The van der Waals surface area contributed by atoms with Crippen LogP contribution in [0, 0.1) is 13.8 Å². The predicted octanol–water partition coefficient (Wildman–Crippen LogP) is 3.17. The van der Waals surface area contributed by atoms with Crippen LogP contribution in [-0.2, 0) is 10.0 Å². The maximum Gasteiger partial charge on any atom is 0.261 e. The van der Waals surface area contributed by atoms with E-state index in [2.05, 4.69) is 15.4 Å². The van der Waals surface area contributed by atoms with Gasteiger partial charge in [0.05, 0.1) is 22.0 Å². The zero-order valence-corrected chi connectivity index (χ0v) is 18.2. The molecule has 0 atom stereocenters. The van der Waals surface area contributed by atoms with Gasteiger partial charge in [0, 0.05) is 26.2 Å². The molecule has 8 nitrogen and oxygen atoms in total. The largest absolute Gasteiger partial charge is 0.370 e. The maximum atomic E-state index is 13.0. The van der Waals surface area contributed by atoms with Crippen LogP contribution in [0.4, 0.5) is 11.4 Å². The average molecular weight is 421 g/mol. The fourth-order valence-corrected chi connectivity index (χ4v) is 5.20. The molecule has 0 aliphatic carbocycles. The second kappa shape index (κ2) is 8.54. The van der Waals surface area contributed by atoms with Gasteiger partial charge in [-0.25, -0.2) is 8.42 Å². The first-order chi connectivity index (χ1) is 13.8. The number of benzene rings is 1. The first-order valence-electron chi connectivity index (χ1n) is 9.93. The van der Waals surface area contributed by atoms with Crippen LogP contribution in [0.25, 0.3) is 0 Å². The minimum Gasteiger partial charge on any atom is -0.370 e. The quantitative estimate of drug-likeness (QED) is 0.739. The van der Waals surface area contributed by atoms with Gasteiger partial charge in [-0.05, 0) is 44.9 Å². The van der Waals surface area contributed by atoms with E-state index in [1.54, 1.807) is 45.9 Å². The monoisotopic (exact) mass is 420 g/mol. The molecule has 1 N–H and O–H groups in total. The van der Waals surface area contributed by atoms with Gasteiger partial charge in [0.1, 0.15) is 11.3 Å². The molecule has 9 heteroatoms. The molecule has 2 aromatic rings. The summed E-state index contributed by atoms with van der Waals surface area (Å²) in [6.45, 7) is 9.50. The molecular weight excluding hydrogens is 392 g/mol. The molecule has 0 spiro atoms. The van der Waals surface area contributed by atoms with Crippen molar-refractivity contribution in [2.75, 3.05) is 36.4 Å². The molecule has 1 fully saturated rings. The van der Waals surface area contributed by atoms with Crippen LogP contribution in [-0.4, -0.2) is 50.0 Å². The van der Waals surface area contributed by atoms with E-state index in [4.69, 9.17) is 4.52 Å². The van der Waals surface area contributed by atoms with Gasteiger partial charge in [-0.15, -0.1) is 0 Å². The maximum absolute atomic E-state index is 13.0. The number of amides is 1. The van der Waals surface area contributed by atoms with Crippen molar-refractivity contribution in [3.8, 4) is 0 Å². The second-order valence-electron chi connectivity index (χ2n) is 7.12. The zero-order chi connectivity index (χ0) is 21.2. The predicted molar refractivity (Wildman–Crippen MR) is 112 cm³/mol. The molecule has 0 bridgehead atoms. The fraction of sp³-hybridized carbons (Fsp3) is 0.500. The minimum atomic E-state index is -3.64. The summed E-state index contributed by atoms with van der Waals surface area (Å²) in [5, 5.41) is 6.73. The minimum absolute atomic E-state index is 0.165. The molecule has 3 rings (SSSR count). The van der Waals surface area contributed by atoms with Gasteiger partial charge in [-0.1, -0.05) is 19.0 Å². The standard InChI is InChI=1S/C20H28N4O4S/c1-5-24(6-2)29(26,27)16-9-10-18(23-11-7-8-12-23)17(13-16)21-20(25)19-14(3)22-28-15(19)4/h9-10,13H,5-8,11-12H2,1-4H3,(H,21,25). The number of carbonyl (C=O) groups is 1. The smallest absolute Gasteiger partial charge is 0.261 e. The Hall–Kier alpha value is -2.39. The highest BCUT2D eigenvalue weighted by atomic mass is 32.2. The van der Waals surface area contributed by atoms with E-state index in [0.717, 1.165) is 31.6 Å². The summed E-state index contributed by atoms with van der Waals surface area (Å²) in [6, 6.07) is 4.95. The molecular formula is C20H28N4O4S. The number of hydrogen-bond acceptors (Lipinski definition) is 6. The van der Waals surface area contributed by atoms with Gasteiger partial charge in [0.15, 0.2) is 0 Å². The summed E-state index contributed by atoms with van der Waals surface area (Å²) in [7, 11) is -3.64. The van der Waals surface area contributed by atoms with Crippen molar-refractivity contribution in [1.82, 2.24) is 9.46 Å². The topological polar surface area (TPSA) is 95.8 Å². The van der Waals surface area contributed by atoms with E-state index in [9.17, 15) is 13.2 Å². The first kappa shape index (κ1) is 21.3. The van der Waals surface area contributed by atoms with E-state index in [-0.39, 0.29) is 10.8 Å². The van der Waals surface area contributed by atoms with Crippen molar-refractivity contribution >= 4 is 27.3 Å². The van der Waals surface area contributed by atoms with Crippen LogP contribution in [0.15, 0.2) is 27.6 Å². The Balaban J connectivity index is 2.03. The van der Waals surface area contributed by atoms with Crippen molar-refractivity contribution < 1.29 is 17.7 Å². The molecule has 2 heterocycles. The number of aromatic nitrogens is 1. The molecule has 1 amide bonds. The van der Waals surface area contributed by atoms with Crippen LogP contribution in [0.2, 0.25) is 0 Å². The number of nitrogens with one attached hydrogen (secondary N) is 1. The molecule has 1 aromatic carbocycles. The number of hydrogen-bond donors (Lipinski definition) is 1. The van der Waals surface area contributed by atoms with Crippen molar-refractivity contribution in [2.45, 2.75) is 45.4 Å². The van der Waals surface area contributed by atoms with E-state index in [1.165, 1.54) is 4.31 Å². The molecule has 0 unspecified atom stereocenters. The van der Waals surface area contributed by atoms with Crippen LogP contribution in [0.5, 0.6) is 0 Å². The highest BCUT2D eigenvalue weighted by Gasteiger charge is 2.26. The number of carbonyl (C=O) groups excluding carboxylic acids is 1. The van der Waals surface area contributed by atoms with E-state index in [1.807, 2.05) is 0 Å². The Morgan fingerprint density at radius 3 is 2.41 bits per heavy atom. The lowest BCUT2D eigenvalue weighted by molar-refractivity contribution is 0.102. The number of aryl methyl sites for hydroxylation is 2. The lowest BCUT2D eigenvalue weighted by Gasteiger charge is -2.24. The van der Waals surface area contributed by atoms with Crippen molar-refractivity contribution in [3.05, 3.63) is 35.2 Å². The third kappa shape index (κ3) is 4.16. The van der Waals surface area contributed by atoms with Crippen molar-refractivity contribution in [1.29, 1.82) is 0 Å². The molecule has 0 radical (unpaired) electrons. The number of anilines is 2. The van der Waals surface area contributed by atoms with Gasteiger partial charge >= 0.3 is 0 Å². The van der Waals surface area contributed by atoms with Gasteiger partial charge in [0.2, 0.25) is 10.0 Å². The molecule has 29 heavy (non-hydrogen) atoms. The second-order valence-corrected chi connectivity index (χ2v) is 9.05. The summed E-state index contributed by atoms with van der Waals surface area (Å²) in [5.41, 5.74) is 2.16. The summed E-state index contributed by atoms with van der Waals surface area (Å²) in [6.07, 6.45) is 2.13. The SMILES string of the molecule is CCN(CC)S(=O)(=O)c1ccc(N2CCCC2)c(NC(=O)c2c(C)noc2C)c1. The molecule has 1 aliphatic heterocycles. The van der Waals surface area contributed by atoms with Crippen molar-refractivity contribution in [3.63, 3.8) is 0 Å². The highest BCUT2D eigenvalue weighted by molar-refractivity contribution is 7.89. The highest BCUT2D eigenvalue weighted by Crippen LogP contribution is 2.33. The first-order valence-corrected chi connectivity index (χ1v) is 11.4. The third-order valence-corrected chi connectivity index (χ3v) is 7.31. The Morgan fingerprint density at radius 1 is 1.21 bits per heavy atom.